The predicted octanol–water partition coefficient (Wildman–Crippen LogP) is 0.855. The number of imide groups is 1. The lowest BCUT2D eigenvalue weighted by Crippen LogP contribution is -2.49. The summed E-state index contributed by atoms with van der Waals surface area (Å²) < 4.78 is 7.02. The van der Waals surface area contributed by atoms with E-state index in [2.05, 4.69) is 20.8 Å². The fourth-order valence-corrected chi connectivity index (χ4v) is 3.21. The average Bonchev–Trinajstić information content (AvgIpc) is 3.10. The zero-order valence-corrected chi connectivity index (χ0v) is 15.7. The summed E-state index contributed by atoms with van der Waals surface area (Å²) in [4.78, 5) is 35.9. The Morgan fingerprint density at radius 2 is 2.20 bits per heavy atom. The van der Waals surface area contributed by atoms with Crippen molar-refractivity contribution in [1.29, 1.82) is 0 Å². The summed E-state index contributed by atoms with van der Waals surface area (Å²) in [6, 6.07) is -0.552. The molecule has 1 saturated heterocycles. The minimum atomic E-state index is -0.593. The molecule has 3 N–H and O–H groups in total. The molecule has 2 atom stereocenters. The van der Waals surface area contributed by atoms with Crippen LogP contribution in [-0.4, -0.2) is 50.2 Å². The highest BCUT2D eigenvalue weighted by atomic mass is 32.2. The maximum atomic E-state index is 12.2. The van der Waals surface area contributed by atoms with Gasteiger partial charge in [0.05, 0.1) is 17.9 Å². The molecule has 0 saturated carbocycles. The SMILES string of the molecule is C[C@H](Sc1n[nH]c(=O)n1C[C@H]1CCCO1)C(=O)NC(=O)NC(C)(C)C. The maximum Gasteiger partial charge on any atom is 0.344 e. The monoisotopic (exact) mass is 371 g/mol. The zero-order valence-electron chi connectivity index (χ0n) is 14.9. The number of carbonyl (C=O) groups excluding carboxylic acids is 2. The first-order valence-corrected chi connectivity index (χ1v) is 9.10. The van der Waals surface area contributed by atoms with E-state index in [0.717, 1.165) is 24.6 Å². The van der Waals surface area contributed by atoms with Gasteiger partial charge in [-0.3, -0.25) is 14.7 Å². The molecule has 0 aromatic carbocycles. The molecule has 9 nitrogen and oxygen atoms in total. The Balaban J connectivity index is 1.95. The van der Waals surface area contributed by atoms with Crippen LogP contribution in [0.2, 0.25) is 0 Å². The van der Waals surface area contributed by atoms with E-state index >= 15 is 0 Å². The van der Waals surface area contributed by atoms with Crippen molar-refractivity contribution in [1.82, 2.24) is 25.4 Å². The van der Waals surface area contributed by atoms with Crippen LogP contribution in [0.3, 0.4) is 0 Å². The Bertz CT molecular complexity index is 672. The third-order valence-corrected chi connectivity index (χ3v) is 4.60. The molecule has 10 heteroatoms. The van der Waals surface area contributed by atoms with Gasteiger partial charge < -0.3 is 10.1 Å². The molecule has 0 unspecified atom stereocenters. The number of nitrogens with zero attached hydrogens (tertiary/aromatic N) is 2. The summed E-state index contributed by atoms with van der Waals surface area (Å²) in [5.74, 6) is -0.453. The van der Waals surface area contributed by atoms with Crippen LogP contribution >= 0.6 is 11.8 Å². The Labute approximate surface area is 150 Å². The van der Waals surface area contributed by atoms with Crippen molar-refractivity contribution in [3.05, 3.63) is 10.5 Å². The predicted molar refractivity (Wildman–Crippen MR) is 93.6 cm³/mol. The van der Waals surface area contributed by atoms with E-state index in [1.54, 1.807) is 6.92 Å². The summed E-state index contributed by atoms with van der Waals surface area (Å²) in [7, 11) is 0. The first kappa shape index (κ1) is 19.5. The van der Waals surface area contributed by atoms with Crippen LogP contribution in [0.15, 0.2) is 9.95 Å². The Kier molecular flexibility index (Phi) is 6.28. The van der Waals surface area contributed by atoms with Crippen LogP contribution in [0.4, 0.5) is 4.79 Å². The number of hydrogen-bond acceptors (Lipinski definition) is 6. The molecule has 25 heavy (non-hydrogen) atoms. The Hall–Kier alpha value is -1.81. The van der Waals surface area contributed by atoms with Crippen molar-refractivity contribution in [3.8, 4) is 0 Å². The molecule has 2 rings (SSSR count). The maximum absolute atomic E-state index is 12.2. The van der Waals surface area contributed by atoms with Crippen molar-refractivity contribution >= 4 is 23.7 Å². The van der Waals surface area contributed by atoms with Crippen molar-refractivity contribution < 1.29 is 14.3 Å². The third-order valence-electron chi connectivity index (χ3n) is 3.51. The van der Waals surface area contributed by atoms with E-state index in [0.29, 0.717) is 18.3 Å². The van der Waals surface area contributed by atoms with Crippen molar-refractivity contribution in [2.45, 2.75) is 69.1 Å². The molecule has 1 aliphatic rings. The molecule has 0 spiro atoms. The summed E-state index contributed by atoms with van der Waals surface area (Å²) in [5, 5.41) is 11.1. The fraction of sp³-hybridized carbons (Fsp3) is 0.733. The van der Waals surface area contributed by atoms with Crippen molar-refractivity contribution in [3.63, 3.8) is 0 Å². The summed E-state index contributed by atoms with van der Waals surface area (Å²) in [6.07, 6.45) is 1.85. The second-order valence-corrected chi connectivity index (χ2v) is 8.32. The number of carbonyl (C=O) groups is 2. The number of amides is 3. The van der Waals surface area contributed by atoms with Gasteiger partial charge in [-0.2, -0.15) is 0 Å². The Morgan fingerprint density at radius 1 is 1.48 bits per heavy atom. The molecular formula is C15H25N5O4S. The lowest BCUT2D eigenvalue weighted by Gasteiger charge is -2.21. The fourth-order valence-electron chi connectivity index (χ4n) is 2.34. The number of H-pyrrole nitrogens is 1. The molecule has 0 radical (unpaired) electrons. The number of rotatable bonds is 5. The van der Waals surface area contributed by atoms with Crippen LogP contribution in [0.1, 0.15) is 40.5 Å². The van der Waals surface area contributed by atoms with E-state index in [9.17, 15) is 14.4 Å². The summed E-state index contributed by atoms with van der Waals surface area (Å²) >= 11 is 1.12. The first-order valence-electron chi connectivity index (χ1n) is 8.22. The van der Waals surface area contributed by atoms with Crippen LogP contribution in [0, 0.1) is 0 Å². The number of aromatic amines is 1. The number of urea groups is 1. The Morgan fingerprint density at radius 3 is 2.80 bits per heavy atom. The minimum absolute atomic E-state index is 0.0173. The van der Waals surface area contributed by atoms with E-state index in [-0.39, 0.29) is 11.8 Å². The molecule has 1 aliphatic heterocycles. The molecule has 0 bridgehead atoms. The number of thioether (sulfide) groups is 1. The molecule has 1 aromatic heterocycles. The second-order valence-electron chi connectivity index (χ2n) is 7.01. The third kappa shape index (κ3) is 5.89. The van der Waals surface area contributed by atoms with Crippen LogP contribution in [0.25, 0.3) is 0 Å². The van der Waals surface area contributed by atoms with Gasteiger partial charge >= 0.3 is 11.7 Å². The quantitative estimate of drug-likeness (QED) is 0.661. The molecule has 0 aliphatic carbocycles. The smallest absolute Gasteiger partial charge is 0.344 e. The molecule has 1 fully saturated rings. The lowest BCUT2D eigenvalue weighted by atomic mass is 10.1. The largest absolute Gasteiger partial charge is 0.376 e. The number of aromatic nitrogens is 3. The highest BCUT2D eigenvalue weighted by Gasteiger charge is 2.24. The summed E-state index contributed by atoms with van der Waals surface area (Å²) in [6.45, 7) is 8.21. The number of nitrogens with one attached hydrogen (secondary N) is 3. The van der Waals surface area contributed by atoms with E-state index in [4.69, 9.17) is 4.74 Å². The van der Waals surface area contributed by atoms with Crippen LogP contribution in [-0.2, 0) is 16.1 Å². The van der Waals surface area contributed by atoms with Gasteiger partial charge in [-0.05, 0) is 40.5 Å². The average molecular weight is 371 g/mol. The molecular weight excluding hydrogens is 346 g/mol. The van der Waals surface area contributed by atoms with Crippen LogP contribution < -0.4 is 16.3 Å². The van der Waals surface area contributed by atoms with E-state index in [1.165, 1.54) is 4.57 Å². The standard InChI is InChI=1S/C15H25N5O4S/c1-9(11(21)16-12(22)17-15(2,3)4)25-14-19-18-13(23)20(14)8-10-6-5-7-24-10/h9-10H,5-8H2,1-4H3,(H,18,23)(H2,16,17,21,22)/t9-,10+/m0/s1. The molecule has 140 valence electrons. The second kappa shape index (κ2) is 8.05. The zero-order chi connectivity index (χ0) is 18.6. The van der Waals surface area contributed by atoms with Gasteiger partial charge in [0.2, 0.25) is 5.91 Å². The van der Waals surface area contributed by atoms with Gasteiger partial charge in [0.15, 0.2) is 5.16 Å². The van der Waals surface area contributed by atoms with E-state index < -0.39 is 22.7 Å². The van der Waals surface area contributed by atoms with Crippen molar-refractivity contribution in [2.75, 3.05) is 6.61 Å². The molecule has 3 amide bonds. The van der Waals surface area contributed by atoms with Gasteiger partial charge in [0.25, 0.3) is 0 Å². The normalized spacial score (nSPS) is 18.8. The highest BCUT2D eigenvalue weighted by molar-refractivity contribution is 8.00. The summed E-state index contributed by atoms with van der Waals surface area (Å²) in [5.41, 5.74) is -0.777. The van der Waals surface area contributed by atoms with Crippen LogP contribution in [0.5, 0.6) is 0 Å². The van der Waals surface area contributed by atoms with Gasteiger partial charge in [-0.1, -0.05) is 11.8 Å². The topological polar surface area (TPSA) is 118 Å². The van der Waals surface area contributed by atoms with E-state index in [1.807, 2.05) is 20.8 Å². The van der Waals surface area contributed by atoms with Crippen molar-refractivity contribution in [2.24, 2.45) is 0 Å². The van der Waals surface area contributed by atoms with Gasteiger partial charge in [0, 0.05) is 12.1 Å². The molecule has 2 heterocycles. The number of ether oxygens (including phenoxy) is 1. The first-order chi connectivity index (χ1) is 11.7. The van der Waals surface area contributed by atoms with Gasteiger partial charge in [0.1, 0.15) is 0 Å². The molecule has 1 aromatic rings. The minimum Gasteiger partial charge on any atom is -0.376 e. The van der Waals surface area contributed by atoms with Gasteiger partial charge in [-0.25, -0.2) is 14.7 Å². The highest BCUT2D eigenvalue weighted by Crippen LogP contribution is 2.22. The van der Waals surface area contributed by atoms with Gasteiger partial charge in [-0.15, -0.1) is 5.10 Å². The lowest BCUT2D eigenvalue weighted by molar-refractivity contribution is -0.119. The number of hydrogen-bond donors (Lipinski definition) is 3.